The van der Waals surface area contributed by atoms with Gasteiger partial charge in [-0.3, -0.25) is 20.4 Å². The Morgan fingerprint density at radius 1 is 1.06 bits per heavy atom. The van der Waals surface area contributed by atoms with E-state index in [2.05, 4.69) is 10.9 Å². The molecule has 176 valence electrons. The van der Waals surface area contributed by atoms with Crippen molar-refractivity contribution in [2.24, 2.45) is 5.92 Å². The van der Waals surface area contributed by atoms with E-state index in [-0.39, 0.29) is 30.7 Å². The summed E-state index contributed by atoms with van der Waals surface area (Å²) < 4.78 is 24.2. The predicted octanol–water partition coefficient (Wildman–Crippen LogP) is 4.22. The van der Waals surface area contributed by atoms with Crippen molar-refractivity contribution in [3.8, 4) is 11.5 Å². The van der Waals surface area contributed by atoms with E-state index in [0.29, 0.717) is 23.7 Å². The Morgan fingerprint density at radius 3 is 2.50 bits per heavy atom. The van der Waals surface area contributed by atoms with Crippen molar-refractivity contribution in [2.45, 2.75) is 20.0 Å². The smallest absolute Gasteiger partial charge is 0.243 e. The molecule has 1 fully saturated rings. The van der Waals surface area contributed by atoms with Crippen LogP contribution in [0.25, 0.3) is 0 Å². The summed E-state index contributed by atoms with van der Waals surface area (Å²) in [6, 6.07) is 18.9. The van der Waals surface area contributed by atoms with Gasteiger partial charge in [0.15, 0.2) is 11.5 Å². The van der Waals surface area contributed by atoms with Crippen LogP contribution < -0.4 is 25.2 Å². The lowest BCUT2D eigenvalue weighted by atomic mass is 10.1. The standard InChI is InChI=1S/C26H26FN3O4/c1-17-3-10-22(11-4-17)30-15-19(13-25(30)31)26(32)29-28-21-9-12-23(24(14-21)33-2)34-16-18-5-7-20(27)8-6-18/h3-12,14,19,28H,13,15-16H2,1-2H3,(H,29,32)/t19-/m0/s1. The van der Waals surface area contributed by atoms with Crippen LogP contribution in [-0.2, 0) is 16.2 Å². The maximum atomic E-state index is 13.1. The number of amides is 2. The first-order valence-corrected chi connectivity index (χ1v) is 10.9. The number of benzene rings is 3. The molecule has 1 heterocycles. The van der Waals surface area contributed by atoms with Gasteiger partial charge in [-0.25, -0.2) is 4.39 Å². The summed E-state index contributed by atoms with van der Waals surface area (Å²) in [6.07, 6.45) is 0.154. The van der Waals surface area contributed by atoms with Gasteiger partial charge < -0.3 is 14.4 Å². The van der Waals surface area contributed by atoms with Gasteiger partial charge in [-0.15, -0.1) is 0 Å². The van der Waals surface area contributed by atoms with E-state index in [9.17, 15) is 14.0 Å². The topological polar surface area (TPSA) is 79.9 Å². The Bertz CT molecular complexity index is 1170. The normalized spacial score (nSPS) is 15.2. The molecule has 8 heteroatoms. The summed E-state index contributed by atoms with van der Waals surface area (Å²) in [7, 11) is 1.52. The number of halogens is 1. The van der Waals surface area contributed by atoms with Gasteiger partial charge in [0.2, 0.25) is 11.8 Å². The van der Waals surface area contributed by atoms with Gasteiger partial charge in [-0.2, -0.15) is 0 Å². The molecule has 4 rings (SSSR count). The third-order valence-corrected chi connectivity index (χ3v) is 5.64. The molecule has 2 N–H and O–H groups in total. The molecular formula is C26H26FN3O4. The average molecular weight is 464 g/mol. The first kappa shape index (κ1) is 23.1. The van der Waals surface area contributed by atoms with Crippen LogP contribution in [0, 0.1) is 18.7 Å². The second kappa shape index (κ2) is 10.2. The molecule has 0 saturated carbocycles. The van der Waals surface area contributed by atoms with E-state index in [1.807, 2.05) is 31.2 Å². The molecule has 1 aliphatic rings. The van der Waals surface area contributed by atoms with E-state index in [1.165, 1.54) is 19.2 Å². The van der Waals surface area contributed by atoms with E-state index < -0.39 is 5.92 Å². The zero-order valence-electron chi connectivity index (χ0n) is 19.0. The highest BCUT2D eigenvalue weighted by Crippen LogP contribution is 2.31. The fourth-order valence-electron chi connectivity index (χ4n) is 3.70. The molecule has 0 aliphatic carbocycles. The fraction of sp³-hybridized carbons (Fsp3) is 0.231. The SMILES string of the molecule is COc1cc(NNC(=O)[C@H]2CC(=O)N(c3ccc(C)cc3)C2)ccc1OCc1ccc(F)cc1. The van der Waals surface area contributed by atoms with Gasteiger partial charge in [0, 0.05) is 24.7 Å². The fourth-order valence-corrected chi connectivity index (χ4v) is 3.70. The number of carbonyl (C=O) groups excluding carboxylic acids is 2. The van der Waals surface area contributed by atoms with Crippen molar-refractivity contribution in [1.82, 2.24) is 5.43 Å². The average Bonchev–Trinajstić information content (AvgIpc) is 3.24. The highest BCUT2D eigenvalue weighted by Gasteiger charge is 2.35. The second-order valence-corrected chi connectivity index (χ2v) is 8.14. The molecular weight excluding hydrogens is 437 g/mol. The number of aryl methyl sites for hydroxylation is 1. The maximum absolute atomic E-state index is 13.1. The van der Waals surface area contributed by atoms with Gasteiger partial charge in [0.05, 0.1) is 18.7 Å². The van der Waals surface area contributed by atoms with Gasteiger partial charge in [-0.1, -0.05) is 29.8 Å². The maximum Gasteiger partial charge on any atom is 0.243 e. The van der Waals surface area contributed by atoms with Crippen molar-refractivity contribution >= 4 is 23.2 Å². The highest BCUT2D eigenvalue weighted by atomic mass is 19.1. The van der Waals surface area contributed by atoms with E-state index >= 15 is 0 Å². The minimum atomic E-state index is -0.457. The lowest BCUT2D eigenvalue weighted by Gasteiger charge is -2.17. The van der Waals surface area contributed by atoms with Crippen LogP contribution in [0.2, 0.25) is 0 Å². The zero-order valence-corrected chi connectivity index (χ0v) is 19.0. The summed E-state index contributed by atoms with van der Waals surface area (Å²) >= 11 is 0. The molecule has 1 atom stereocenters. The summed E-state index contributed by atoms with van der Waals surface area (Å²) in [5.74, 6) is -0.112. The number of hydrazine groups is 1. The first-order chi connectivity index (χ1) is 16.4. The van der Waals surface area contributed by atoms with Crippen LogP contribution in [0.5, 0.6) is 11.5 Å². The molecule has 1 aliphatic heterocycles. The third-order valence-electron chi connectivity index (χ3n) is 5.64. The predicted molar refractivity (Wildman–Crippen MR) is 127 cm³/mol. The zero-order chi connectivity index (χ0) is 24.1. The Morgan fingerprint density at radius 2 is 1.79 bits per heavy atom. The molecule has 7 nitrogen and oxygen atoms in total. The van der Waals surface area contributed by atoms with Gasteiger partial charge >= 0.3 is 0 Å². The second-order valence-electron chi connectivity index (χ2n) is 8.14. The van der Waals surface area contributed by atoms with Crippen molar-refractivity contribution in [3.05, 3.63) is 83.7 Å². The summed E-state index contributed by atoms with van der Waals surface area (Å²) in [5, 5.41) is 0. The summed E-state index contributed by atoms with van der Waals surface area (Å²) in [6.45, 7) is 2.57. The van der Waals surface area contributed by atoms with Crippen LogP contribution in [0.4, 0.5) is 15.8 Å². The van der Waals surface area contributed by atoms with Crippen molar-refractivity contribution in [2.75, 3.05) is 24.0 Å². The van der Waals surface area contributed by atoms with Crippen molar-refractivity contribution in [3.63, 3.8) is 0 Å². The lowest BCUT2D eigenvalue weighted by molar-refractivity contribution is -0.125. The number of nitrogens with zero attached hydrogens (tertiary/aromatic N) is 1. The lowest BCUT2D eigenvalue weighted by Crippen LogP contribution is -2.36. The molecule has 0 radical (unpaired) electrons. The summed E-state index contributed by atoms with van der Waals surface area (Å²) in [4.78, 5) is 26.7. The quantitative estimate of drug-likeness (QED) is 0.489. The van der Waals surface area contributed by atoms with Crippen molar-refractivity contribution in [1.29, 1.82) is 0 Å². The van der Waals surface area contributed by atoms with Crippen LogP contribution >= 0.6 is 0 Å². The van der Waals surface area contributed by atoms with E-state index in [1.54, 1.807) is 35.2 Å². The molecule has 1 saturated heterocycles. The molecule has 34 heavy (non-hydrogen) atoms. The minimum Gasteiger partial charge on any atom is -0.493 e. The first-order valence-electron chi connectivity index (χ1n) is 10.9. The van der Waals surface area contributed by atoms with E-state index in [0.717, 1.165) is 16.8 Å². The monoisotopic (exact) mass is 463 g/mol. The third kappa shape index (κ3) is 5.46. The van der Waals surface area contributed by atoms with Gasteiger partial charge in [0.1, 0.15) is 12.4 Å². The number of hydrogen-bond acceptors (Lipinski definition) is 5. The minimum absolute atomic E-state index is 0.0756. The number of hydrogen-bond donors (Lipinski definition) is 2. The Labute approximate surface area is 197 Å². The molecule has 0 aromatic heterocycles. The van der Waals surface area contributed by atoms with Gasteiger partial charge in [0.25, 0.3) is 0 Å². The van der Waals surface area contributed by atoms with Crippen LogP contribution in [0.1, 0.15) is 17.5 Å². The summed E-state index contributed by atoms with van der Waals surface area (Å²) in [5.41, 5.74) is 8.87. The molecule has 2 amide bonds. The van der Waals surface area contributed by atoms with Crippen LogP contribution in [0.3, 0.4) is 0 Å². The largest absolute Gasteiger partial charge is 0.493 e. The number of ether oxygens (including phenoxy) is 2. The van der Waals surface area contributed by atoms with Gasteiger partial charge in [-0.05, 0) is 48.9 Å². The highest BCUT2D eigenvalue weighted by molar-refractivity contribution is 6.00. The van der Waals surface area contributed by atoms with Crippen LogP contribution in [-0.4, -0.2) is 25.5 Å². The molecule has 0 bridgehead atoms. The number of rotatable bonds is 8. The number of methoxy groups -OCH3 is 1. The molecule has 0 spiro atoms. The number of anilines is 2. The van der Waals surface area contributed by atoms with Crippen LogP contribution in [0.15, 0.2) is 66.7 Å². The van der Waals surface area contributed by atoms with Crippen molar-refractivity contribution < 1.29 is 23.5 Å². The molecule has 0 unspecified atom stereocenters. The number of carbonyl (C=O) groups is 2. The van der Waals surface area contributed by atoms with E-state index in [4.69, 9.17) is 9.47 Å². The Balaban J connectivity index is 1.33. The molecule has 3 aromatic rings. The number of nitrogens with one attached hydrogen (secondary N) is 2. The molecule has 3 aromatic carbocycles. The Kier molecular flexibility index (Phi) is 6.96. The Hall–Kier alpha value is -4.07.